The second kappa shape index (κ2) is 20.9. The molecule has 0 heterocycles. The van der Waals surface area contributed by atoms with Crippen molar-refractivity contribution in [2.75, 3.05) is 0 Å². The van der Waals surface area contributed by atoms with Crippen LogP contribution in [0.3, 0.4) is 0 Å². The minimum Gasteiger partial charge on any atom is -0.480 e. The lowest BCUT2D eigenvalue weighted by Crippen LogP contribution is -2.61. The molecule has 0 bridgehead atoms. The quantitative estimate of drug-likeness (QED) is 0.0582. The molecule has 0 aliphatic rings. The molecular formula is C31H50N7O12P. The van der Waals surface area contributed by atoms with Crippen LogP contribution in [0.15, 0.2) is 24.3 Å². The maximum Gasteiger partial charge on any atom is 0.524 e. The van der Waals surface area contributed by atoms with E-state index in [0.717, 1.165) is 0 Å². The number of phosphoric acid groups is 1. The largest absolute Gasteiger partial charge is 0.524 e. The summed E-state index contributed by atoms with van der Waals surface area (Å²) < 4.78 is 15.6. The molecular weight excluding hydrogens is 693 g/mol. The third-order valence-corrected chi connectivity index (χ3v) is 8.59. The van der Waals surface area contributed by atoms with E-state index in [1.807, 2.05) is 0 Å². The van der Waals surface area contributed by atoms with Gasteiger partial charge in [-0.15, -0.1) is 0 Å². The first-order chi connectivity index (χ1) is 23.7. The monoisotopic (exact) mass is 743 g/mol. The molecule has 20 heteroatoms. The number of benzene rings is 1. The molecule has 0 radical (unpaired) electrons. The van der Waals surface area contributed by atoms with Gasteiger partial charge in [-0.25, -0.2) is 9.36 Å². The van der Waals surface area contributed by atoms with Gasteiger partial charge in [0.2, 0.25) is 35.4 Å². The van der Waals surface area contributed by atoms with E-state index in [9.17, 15) is 43.2 Å². The standard InChI is InChI=1S/C31H50N7O12P/c1-5-16(3)25(29(43)36-22(31(45)46)15-18-7-9-19(10-8-18)50-51(47,48)49)38-30(44)26(17(4)6-2)37-28(42)21(12-14-24(34)40)35-27(41)20(32)11-13-23(33)39/h7-10,16-17,20-22,25-26H,5-6,11-15,32H2,1-4H3,(H2,33,39)(H2,34,40)(H,35,41)(H,36,43)(H,37,42)(H,38,44)(H,45,46)(H2,47,48,49). The van der Waals surface area contributed by atoms with Crippen LogP contribution in [0.2, 0.25) is 0 Å². The normalized spacial score (nSPS) is 15.4. The van der Waals surface area contributed by atoms with Gasteiger partial charge in [0.05, 0.1) is 6.04 Å². The smallest absolute Gasteiger partial charge is 0.480 e. The van der Waals surface area contributed by atoms with Crippen LogP contribution in [0, 0.1) is 11.8 Å². The molecule has 1 rings (SSSR count). The SMILES string of the molecule is CCC(C)C(NC(=O)C(CCC(N)=O)NC(=O)C(N)CCC(N)=O)C(=O)NC(C(=O)NC(Cc1ccc(OP(=O)(O)O)cc1)C(=O)O)C(C)CC. The van der Waals surface area contributed by atoms with E-state index >= 15 is 0 Å². The van der Waals surface area contributed by atoms with Gasteiger partial charge in [0.15, 0.2) is 0 Å². The zero-order valence-electron chi connectivity index (χ0n) is 29.0. The number of carbonyl (C=O) groups is 7. The Hall–Kier alpha value is -4.58. The molecule has 286 valence electrons. The van der Waals surface area contributed by atoms with Crippen LogP contribution in [-0.4, -0.2) is 86.5 Å². The van der Waals surface area contributed by atoms with Crippen molar-refractivity contribution in [1.29, 1.82) is 0 Å². The molecule has 0 saturated heterocycles. The fourth-order valence-electron chi connectivity index (χ4n) is 4.68. The number of phosphoric ester groups is 1. The molecule has 0 aliphatic heterocycles. The van der Waals surface area contributed by atoms with Crippen LogP contribution in [0.1, 0.15) is 71.8 Å². The van der Waals surface area contributed by atoms with Gasteiger partial charge >= 0.3 is 13.8 Å². The fourth-order valence-corrected chi connectivity index (χ4v) is 5.08. The second-order valence-electron chi connectivity index (χ2n) is 12.3. The molecule has 7 atom stereocenters. The Bertz CT molecular complexity index is 1440. The summed E-state index contributed by atoms with van der Waals surface area (Å²) in [5, 5.41) is 19.9. The van der Waals surface area contributed by atoms with Crippen LogP contribution in [-0.2, 0) is 44.5 Å². The highest BCUT2D eigenvalue weighted by Gasteiger charge is 2.35. The van der Waals surface area contributed by atoms with Crippen LogP contribution >= 0.6 is 7.82 Å². The first kappa shape index (κ1) is 44.4. The summed E-state index contributed by atoms with van der Waals surface area (Å²) in [4.78, 5) is 106. The van der Waals surface area contributed by atoms with Crippen molar-refractivity contribution in [2.24, 2.45) is 29.0 Å². The van der Waals surface area contributed by atoms with E-state index in [2.05, 4.69) is 25.8 Å². The number of carboxylic acid groups (broad SMARTS) is 1. The Morgan fingerprint density at radius 2 is 1.18 bits per heavy atom. The molecule has 7 unspecified atom stereocenters. The van der Waals surface area contributed by atoms with E-state index in [0.29, 0.717) is 18.4 Å². The summed E-state index contributed by atoms with van der Waals surface area (Å²) in [5.41, 5.74) is 16.6. The minimum absolute atomic E-state index is 0.106. The summed E-state index contributed by atoms with van der Waals surface area (Å²) >= 11 is 0. The van der Waals surface area contributed by atoms with Crippen LogP contribution in [0.5, 0.6) is 5.75 Å². The number of carboxylic acids is 1. The van der Waals surface area contributed by atoms with Gasteiger partial charge in [-0.1, -0.05) is 52.7 Å². The summed E-state index contributed by atoms with van der Waals surface area (Å²) in [7, 11) is -4.81. The Morgan fingerprint density at radius 3 is 1.63 bits per heavy atom. The van der Waals surface area contributed by atoms with Crippen molar-refractivity contribution in [2.45, 2.75) is 103 Å². The lowest BCUT2D eigenvalue weighted by Gasteiger charge is -2.30. The summed E-state index contributed by atoms with van der Waals surface area (Å²) in [6, 6.07) is -1.34. The van der Waals surface area contributed by atoms with Gasteiger partial charge in [0, 0.05) is 19.3 Å². The van der Waals surface area contributed by atoms with Crippen LogP contribution < -0.4 is 43.0 Å². The molecule has 0 aliphatic carbocycles. The third-order valence-electron chi connectivity index (χ3n) is 8.14. The Kier molecular flexibility index (Phi) is 18.2. The maximum atomic E-state index is 13.7. The Labute approximate surface area is 295 Å². The van der Waals surface area contributed by atoms with Crippen LogP contribution in [0.4, 0.5) is 0 Å². The predicted octanol–water partition coefficient (Wildman–Crippen LogP) is -1.33. The molecule has 0 aromatic heterocycles. The number of nitrogens with one attached hydrogen (secondary N) is 4. The van der Waals surface area contributed by atoms with Gasteiger partial charge in [-0.05, 0) is 42.4 Å². The van der Waals surface area contributed by atoms with Crippen molar-refractivity contribution in [3.63, 3.8) is 0 Å². The molecule has 0 fully saturated rings. The van der Waals surface area contributed by atoms with E-state index < -0.39 is 91.3 Å². The molecule has 19 nitrogen and oxygen atoms in total. The van der Waals surface area contributed by atoms with E-state index in [4.69, 9.17) is 27.0 Å². The minimum atomic E-state index is -4.81. The topological polar surface area (TPSA) is 333 Å². The second-order valence-corrected chi connectivity index (χ2v) is 13.4. The Morgan fingerprint density at radius 1 is 0.725 bits per heavy atom. The van der Waals surface area contributed by atoms with Crippen molar-refractivity contribution in [1.82, 2.24) is 21.3 Å². The molecule has 0 saturated carbocycles. The van der Waals surface area contributed by atoms with Crippen LogP contribution in [0.25, 0.3) is 0 Å². The van der Waals surface area contributed by atoms with E-state index in [-0.39, 0.29) is 37.9 Å². The maximum absolute atomic E-state index is 13.7. The number of hydrogen-bond acceptors (Lipinski definition) is 10. The van der Waals surface area contributed by atoms with Crippen molar-refractivity contribution in [3.8, 4) is 5.75 Å². The van der Waals surface area contributed by atoms with Gasteiger partial charge in [0.1, 0.15) is 29.9 Å². The van der Waals surface area contributed by atoms with E-state index in [1.54, 1.807) is 27.7 Å². The molecule has 1 aromatic rings. The van der Waals surface area contributed by atoms with Crippen molar-refractivity contribution >= 4 is 49.2 Å². The highest BCUT2D eigenvalue weighted by molar-refractivity contribution is 7.46. The van der Waals surface area contributed by atoms with Gasteiger partial charge in [0.25, 0.3) is 0 Å². The van der Waals surface area contributed by atoms with E-state index in [1.165, 1.54) is 24.3 Å². The number of rotatable bonds is 23. The summed E-state index contributed by atoms with van der Waals surface area (Å²) in [6.45, 7) is 6.83. The average Bonchev–Trinajstić information content (AvgIpc) is 3.05. The lowest BCUT2D eigenvalue weighted by molar-refractivity contribution is -0.142. The van der Waals surface area contributed by atoms with Gasteiger partial charge in [-0.3, -0.25) is 38.6 Å². The highest BCUT2D eigenvalue weighted by atomic mass is 31.2. The van der Waals surface area contributed by atoms with Crippen molar-refractivity contribution in [3.05, 3.63) is 29.8 Å². The number of primary amides is 2. The highest BCUT2D eigenvalue weighted by Crippen LogP contribution is 2.37. The summed E-state index contributed by atoms with van der Waals surface area (Å²) in [5.74, 6) is -7.26. The van der Waals surface area contributed by atoms with Gasteiger partial charge in [-0.2, -0.15) is 0 Å². The lowest BCUT2D eigenvalue weighted by atomic mass is 9.94. The first-order valence-corrected chi connectivity index (χ1v) is 17.8. The number of amides is 6. The predicted molar refractivity (Wildman–Crippen MR) is 182 cm³/mol. The number of carbonyl (C=O) groups excluding carboxylic acids is 6. The fraction of sp³-hybridized carbons (Fsp3) is 0.581. The molecule has 6 amide bonds. The summed E-state index contributed by atoms with van der Waals surface area (Å²) in [6.07, 6.45) is -0.298. The first-order valence-electron chi connectivity index (χ1n) is 16.3. The van der Waals surface area contributed by atoms with Gasteiger partial charge < -0.3 is 48.1 Å². The third kappa shape index (κ3) is 16.3. The zero-order valence-corrected chi connectivity index (χ0v) is 29.9. The average molecular weight is 744 g/mol. The molecule has 1 aromatic carbocycles. The van der Waals surface area contributed by atoms with Crippen molar-refractivity contribution < 1.29 is 57.5 Å². The number of hydrogen-bond donors (Lipinski definition) is 10. The number of nitrogens with two attached hydrogens (primary N) is 3. The molecule has 0 spiro atoms. The Balaban J connectivity index is 3.20. The molecule has 51 heavy (non-hydrogen) atoms. The number of aliphatic carboxylic acids is 1. The zero-order chi connectivity index (χ0) is 39.1. The molecule has 13 N–H and O–H groups in total.